The number of halogens is 2. The van der Waals surface area contributed by atoms with Gasteiger partial charge in [-0.15, -0.1) is 11.3 Å². The Morgan fingerprint density at radius 2 is 2.00 bits per heavy atom. The molecule has 4 heteroatoms. The van der Waals surface area contributed by atoms with Gasteiger partial charge in [0.2, 0.25) is 0 Å². The lowest BCUT2D eigenvalue weighted by Crippen LogP contribution is -1.80. The number of alkyl halides is 1. The molecule has 2 aromatic rings. The summed E-state index contributed by atoms with van der Waals surface area (Å²) in [4.78, 5) is 4.51. The number of hydrogen-bond acceptors (Lipinski definition) is 2. The van der Waals surface area contributed by atoms with Gasteiger partial charge >= 0.3 is 0 Å². The van der Waals surface area contributed by atoms with E-state index < -0.39 is 0 Å². The molecular formula is C11H9ClINS. The molecule has 0 saturated heterocycles. The molecule has 15 heavy (non-hydrogen) atoms. The van der Waals surface area contributed by atoms with E-state index in [4.69, 9.17) is 11.6 Å². The molecule has 0 radical (unpaired) electrons. The molecule has 1 aromatic heterocycles. The molecule has 0 bridgehead atoms. The molecule has 1 nitrogen and oxygen atoms in total. The van der Waals surface area contributed by atoms with Gasteiger partial charge in [0, 0.05) is 9.99 Å². The lowest BCUT2D eigenvalue weighted by molar-refractivity contribution is 1.26. The van der Waals surface area contributed by atoms with Crippen molar-refractivity contribution in [3.63, 3.8) is 0 Å². The number of hydrogen-bond donors (Lipinski definition) is 0. The average molecular weight is 350 g/mol. The second kappa shape index (κ2) is 4.80. The smallest absolute Gasteiger partial charge is 0.125 e. The van der Waals surface area contributed by atoms with Crippen molar-refractivity contribution in [2.45, 2.75) is 11.4 Å². The van der Waals surface area contributed by atoms with Crippen LogP contribution in [0.4, 0.5) is 0 Å². The molecule has 1 heterocycles. The highest BCUT2D eigenvalue weighted by Gasteiger charge is 2.09. The van der Waals surface area contributed by atoms with Gasteiger partial charge < -0.3 is 0 Å². The average Bonchev–Trinajstić information content (AvgIpc) is 2.61. The van der Waals surface area contributed by atoms with Gasteiger partial charge in [-0.05, 0) is 6.92 Å². The normalized spacial score (nSPS) is 10.6. The van der Waals surface area contributed by atoms with Crippen molar-refractivity contribution in [1.82, 2.24) is 4.98 Å². The van der Waals surface area contributed by atoms with Gasteiger partial charge in [0.1, 0.15) is 9.34 Å². The van der Waals surface area contributed by atoms with Crippen LogP contribution in [0.15, 0.2) is 24.3 Å². The van der Waals surface area contributed by atoms with E-state index in [1.807, 2.05) is 0 Å². The minimum absolute atomic E-state index is 0.806. The van der Waals surface area contributed by atoms with Gasteiger partial charge in [-0.3, -0.25) is 0 Å². The summed E-state index contributed by atoms with van der Waals surface area (Å²) in [5.41, 5.74) is 3.39. The molecule has 0 fully saturated rings. The lowest BCUT2D eigenvalue weighted by atomic mass is 10.2. The third-order valence-electron chi connectivity index (χ3n) is 2.07. The second-order valence-electron chi connectivity index (χ2n) is 3.24. The van der Waals surface area contributed by atoms with E-state index in [1.54, 1.807) is 11.3 Å². The molecule has 0 spiro atoms. The van der Waals surface area contributed by atoms with Crippen molar-refractivity contribution in [2.75, 3.05) is 0 Å². The third kappa shape index (κ3) is 2.52. The Balaban J connectivity index is 2.41. The highest BCUT2D eigenvalue weighted by atomic mass is 127. The largest absolute Gasteiger partial charge is 0.239 e. The summed E-state index contributed by atoms with van der Waals surface area (Å²) in [7, 11) is 0. The number of rotatable bonds is 2. The number of benzene rings is 1. The maximum absolute atomic E-state index is 6.08. The van der Waals surface area contributed by atoms with Gasteiger partial charge in [-0.2, -0.15) is 0 Å². The third-order valence-corrected chi connectivity index (χ3v) is 4.18. The highest BCUT2D eigenvalue weighted by molar-refractivity contribution is 14.1. The van der Waals surface area contributed by atoms with E-state index in [1.165, 1.54) is 5.56 Å². The second-order valence-corrected chi connectivity index (χ2v) is 5.60. The van der Waals surface area contributed by atoms with Crippen LogP contribution >= 0.6 is 45.5 Å². The highest BCUT2D eigenvalue weighted by Crippen LogP contribution is 2.32. The molecule has 2 rings (SSSR count). The summed E-state index contributed by atoms with van der Waals surface area (Å²) in [6.45, 7) is 2.08. The van der Waals surface area contributed by atoms with Crippen LogP contribution in [0.3, 0.4) is 0 Å². The maximum Gasteiger partial charge on any atom is 0.125 e. The summed E-state index contributed by atoms with van der Waals surface area (Å²) >= 11 is 9.90. The zero-order chi connectivity index (χ0) is 10.8. The lowest BCUT2D eigenvalue weighted by Gasteiger charge is -1.96. The monoisotopic (exact) mass is 349 g/mol. The van der Waals surface area contributed by atoms with E-state index in [9.17, 15) is 0 Å². The van der Waals surface area contributed by atoms with Crippen molar-refractivity contribution in [3.05, 3.63) is 39.9 Å². The molecule has 0 N–H and O–H groups in total. The number of aryl methyl sites for hydroxylation is 1. The molecular weight excluding hydrogens is 341 g/mol. The Kier molecular flexibility index (Phi) is 3.64. The summed E-state index contributed by atoms with van der Waals surface area (Å²) in [5.74, 6) is 0. The van der Waals surface area contributed by atoms with Crippen LogP contribution < -0.4 is 0 Å². The first-order valence-electron chi connectivity index (χ1n) is 4.49. The minimum Gasteiger partial charge on any atom is -0.239 e. The van der Waals surface area contributed by atoms with E-state index in [0.717, 1.165) is 25.0 Å². The van der Waals surface area contributed by atoms with Crippen LogP contribution in [-0.4, -0.2) is 4.98 Å². The van der Waals surface area contributed by atoms with Gasteiger partial charge in [0.05, 0.1) is 5.69 Å². The molecule has 0 amide bonds. The van der Waals surface area contributed by atoms with Crippen LogP contribution in [0.25, 0.3) is 10.6 Å². The van der Waals surface area contributed by atoms with Crippen LogP contribution in [-0.2, 0) is 4.43 Å². The quantitative estimate of drug-likeness (QED) is 0.565. The molecule has 78 valence electrons. The summed E-state index contributed by atoms with van der Waals surface area (Å²) in [6, 6.07) is 8.35. The van der Waals surface area contributed by atoms with Crippen LogP contribution in [0.2, 0.25) is 4.34 Å². The Hall–Kier alpha value is -0.130. The molecule has 0 aliphatic heterocycles. The predicted octanol–water partition coefficient (Wildman–Crippen LogP) is 4.71. The fraction of sp³-hybridized carbons (Fsp3) is 0.182. The van der Waals surface area contributed by atoms with Crippen molar-refractivity contribution in [2.24, 2.45) is 0 Å². The molecule has 0 aliphatic carbocycles. The fourth-order valence-electron chi connectivity index (χ4n) is 1.24. The molecule has 0 unspecified atom stereocenters. The van der Waals surface area contributed by atoms with E-state index in [-0.39, 0.29) is 0 Å². The minimum atomic E-state index is 0.806. The molecule has 0 atom stereocenters. The Labute approximate surface area is 112 Å². The molecule has 0 saturated carbocycles. The molecule has 1 aromatic carbocycles. The number of thiazole rings is 1. The van der Waals surface area contributed by atoms with Gasteiger partial charge in [0.15, 0.2) is 0 Å². The zero-order valence-electron chi connectivity index (χ0n) is 8.13. The Morgan fingerprint density at radius 3 is 2.53 bits per heavy atom. The van der Waals surface area contributed by atoms with E-state index in [0.29, 0.717) is 0 Å². The standard InChI is InChI=1S/C11H9ClINS/c1-7-2-4-8(5-3-7)11-14-9(6-13)10(12)15-11/h2-5H,6H2,1H3. The van der Waals surface area contributed by atoms with Gasteiger partial charge in [0.25, 0.3) is 0 Å². The van der Waals surface area contributed by atoms with Crippen molar-refractivity contribution in [1.29, 1.82) is 0 Å². The maximum atomic E-state index is 6.08. The first-order valence-corrected chi connectivity index (χ1v) is 7.21. The van der Waals surface area contributed by atoms with Crippen molar-refractivity contribution < 1.29 is 0 Å². The Morgan fingerprint density at radius 1 is 1.33 bits per heavy atom. The van der Waals surface area contributed by atoms with Gasteiger partial charge in [-0.25, -0.2) is 4.98 Å². The molecule has 0 aliphatic rings. The fourth-order valence-corrected chi connectivity index (χ4v) is 3.41. The first-order chi connectivity index (χ1) is 7.20. The van der Waals surface area contributed by atoms with E-state index in [2.05, 4.69) is 58.8 Å². The summed E-state index contributed by atoms with van der Waals surface area (Å²) in [5, 5.41) is 1.01. The van der Waals surface area contributed by atoms with Crippen molar-refractivity contribution >= 4 is 45.5 Å². The SMILES string of the molecule is Cc1ccc(-c2nc(CI)c(Cl)s2)cc1. The van der Waals surface area contributed by atoms with Gasteiger partial charge in [-0.1, -0.05) is 64.0 Å². The number of nitrogens with zero attached hydrogens (tertiary/aromatic N) is 1. The predicted molar refractivity (Wildman–Crippen MR) is 75.0 cm³/mol. The van der Waals surface area contributed by atoms with E-state index >= 15 is 0 Å². The zero-order valence-corrected chi connectivity index (χ0v) is 11.9. The Bertz CT molecular complexity index is 464. The number of aromatic nitrogens is 1. The van der Waals surface area contributed by atoms with Crippen molar-refractivity contribution in [3.8, 4) is 10.6 Å². The van der Waals surface area contributed by atoms with Crippen LogP contribution in [0.5, 0.6) is 0 Å². The van der Waals surface area contributed by atoms with Crippen LogP contribution in [0, 0.1) is 6.92 Å². The summed E-state index contributed by atoms with van der Waals surface area (Å²) < 4.78 is 1.67. The summed E-state index contributed by atoms with van der Waals surface area (Å²) in [6.07, 6.45) is 0. The van der Waals surface area contributed by atoms with Crippen LogP contribution in [0.1, 0.15) is 11.3 Å². The first kappa shape index (κ1) is 11.4. The topological polar surface area (TPSA) is 12.9 Å².